The van der Waals surface area contributed by atoms with E-state index in [0.717, 1.165) is 30.6 Å². The largest absolute Gasteiger partial charge is 0.300 e. The van der Waals surface area contributed by atoms with Crippen molar-refractivity contribution in [2.45, 2.75) is 51.9 Å². The van der Waals surface area contributed by atoms with E-state index in [2.05, 4.69) is 6.92 Å². The lowest BCUT2D eigenvalue weighted by atomic mass is 9.67. The molecule has 0 aromatic carbocycles. The lowest BCUT2D eigenvalue weighted by molar-refractivity contribution is -0.123. The summed E-state index contributed by atoms with van der Waals surface area (Å²) in [4.78, 5) is 11.3. The highest BCUT2D eigenvalue weighted by Gasteiger charge is 2.34. The molecule has 0 bridgehead atoms. The van der Waals surface area contributed by atoms with Crippen LogP contribution in [0.15, 0.2) is 0 Å². The second-order valence-electron chi connectivity index (χ2n) is 4.89. The molecule has 0 N–H and O–H groups in total. The van der Waals surface area contributed by atoms with Gasteiger partial charge in [0, 0.05) is 12.8 Å². The fraction of sp³-hybridized carbons (Fsp3) is 0.917. The molecule has 2 fully saturated rings. The number of hydrogen-bond donors (Lipinski definition) is 0. The van der Waals surface area contributed by atoms with Gasteiger partial charge in [-0.15, -0.1) is 0 Å². The minimum absolute atomic E-state index is 0.524. The molecule has 0 saturated heterocycles. The van der Waals surface area contributed by atoms with Gasteiger partial charge in [0.25, 0.3) is 0 Å². The van der Waals surface area contributed by atoms with Crippen molar-refractivity contribution in [1.82, 2.24) is 0 Å². The number of hydrogen-bond acceptors (Lipinski definition) is 1. The molecule has 0 aromatic rings. The molecule has 2 rings (SSSR count). The van der Waals surface area contributed by atoms with Crippen molar-refractivity contribution < 1.29 is 4.79 Å². The number of fused-ring (bicyclic) bond motifs is 1. The van der Waals surface area contributed by atoms with Crippen molar-refractivity contribution >= 4 is 5.78 Å². The second-order valence-corrected chi connectivity index (χ2v) is 4.89. The molecule has 2 saturated carbocycles. The first-order chi connectivity index (χ1) is 6.29. The normalized spacial score (nSPS) is 40.1. The Morgan fingerprint density at radius 1 is 1.23 bits per heavy atom. The van der Waals surface area contributed by atoms with Crippen LogP contribution in [0.1, 0.15) is 51.9 Å². The molecule has 3 atom stereocenters. The Balaban J connectivity index is 1.94. The minimum Gasteiger partial charge on any atom is -0.300 e. The van der Waals surface area contributed by atoms with E-state index < -0.39 is 0 Å². The lowest BCUT2D eigenvalue weighted by Crippen LogP contribution is -2.30. The predicted molar refractivity (Wildman–Crippen MR) is 53.5 cm³/mol. The van der Waals surface area contributed by atoms with E-state index in [9.17, 15) is 4.79 Å². The summed E-state index contributed by atoms with van der Waals surface area (Å²) in [5.74, 6) is 3.16. The van der Waals surface area contributed by atoms with Crippen LogP contribution in [0.3, 0.4) is 0 Å². The van der Waals surface area contributed by atoms with Gasteiger partial charge in [-0.25, -0.2) is 0 Å². The first kappa shape index (κ1) is 9.23. The van der Waals surface area contributed by atoms with Gasteiger partial charge in [0.05, 0.1) is 0 Å². The third kappa shape index (κ3) is 1.95. The molecule has 2 aliphatic carbocycles. The van der Waals surface area contributed by atoms with Crippen LogP contribution in [0.4, 0.5) is 0 Å². The van der Waals surface area contributed by atoms with Gasteiger partial charge in [0.2, 0.25) is 0 Å². The first-order valence-corrected chi connectivity index (χ1v) is 5.81. The Morgan fingerprint density at radius 3 is 2.85 bits per heavy atom. The number of Topliss-reactive ketones (excluding diaryl/α,β-unsaturated/α-hetero) is 1. The molecule has 1 nitrogen and oxygen atoms in total. The van der Waals surface area contributed by atoms with E-state index in [1.807, 2.05) is 0 Å². The summed E-state index contributed by atoms with van der Waals surface area (Å²) < 4.78 is 0. The smallest absolute Gasteiger partial charge is 0.133 e. The zero-order valence-electron chi connectivity index (χ0n) is 8.59. The maximum absolute atomic E-state index is 11.3. The number of rotatable bonds is 1. The Bertz CT molecular complexity index is 197. The molecule has 0 spiro atoms. The van der Waals surface area contributed by atoms with Crippen molar-refractivity contribution in [3.8, 4) is 0 Å². The van der Waals surface area contributed by atoms with Crippen LogP contribution >= 0.6 is 0 Å². The quantitative estimate of drug-likeness (QED) is 0.605. The average molecular weight is 180 g/mol. The summed E-state index contributed by atoms with van der Waals surface area (Å²) in [6.45, 7) is 2.30. The Kier molecular flexibility index (Phi) is 2.71. The van der Waals surface area contributed by atoms with Gasteiger partial charge in [0.15, 0.2) is 0 Å². The average Bonchev–Trinajstić information content (AvgIpc) is 2.17. The van der Waals surface area contributed by atoms with Gasteiger partial charge in [0.1, 0.15) is 5.78 Å². The first-order valence-electron chi connectivity index (χ1n) is 5.81. The lowest BCUT2D eigenvalue weighted by Gasteiger charge is -2.38. The van der Waals surface area contributed by atoms with E-state index >= 15 is 0 Å². The van der Waals surface area contributed by atoms with Crippen LogP contribution in [0, 0.1) is 17.8 Å². The molecule has 0 aliphatic heterocycles. The summed E-state index contributed by atoms with van der Waals surface area (Å²) in [5, 5.41) is 0. The predicted octanol–water partition coefficient (Wildman–Crippen LogP) is 3.18. The van der Waals surface area contributed by atoms with Crippen molar-refractivity contribution in [3.05, 3.63) is 0 Å². The zero-order chi connectivity index (χ0) is 9.26. The molecule has 1 heteroatoms. The topological polar surface area (TPSA) is 17.1 Å². The molecule has 0 unspecified atom stereocenters. The Hall–Kier alpha value is -0.330. The van der Waals surface area contributed by atoms with Gasteiger partial charge < -0.3 is 0 Å². The zero-order valence-corrected chi connectivity index (χ0v) is 8.59. The second kappa shape index (κ2) is 3.81. The Labute approximate surface area is 80.9 Å². The molecule has 2 aliphatic rings. The fourth-order valence-corrected chi connectivity index (χ4v) is 3.16. The van der Waals surface area contributed by atoms with Crippen LogP contribution in [0.2, 0.25) is 0 Å². The molecule has 74 valence electrons. The van der Waals surface area contributed by atoms with Crippen molar-refractivity contribution in [2.24, 2.45) is 17.8 Å². The Morgan fingerprint density at radius 2 is 2.08 bits per heavy atom. The van der Waals surface area contributed by atoms with Gasteiger partial charge in [-0.2, -0.15) is 0 Å². The van der Waals surface area contributed by atoms with Crippen LogP contribution in [0.25, 0.3) is 0 Å². The van der Waals surface area contributed by atoms with Crippen molar-refractivity contribution in [2.75, 3.05) is 0 Å². The number of carbonyl (C=O) groups excluding carboxylic acids is 1. The van der Waals surface area contributed by atoms with Crippen molar-refractivity contribution in [1.29, 1.82) is 0 Å². The molecular formula is C12H20O. The standard InChI is InChI=1S/C12H20O/c1-2-9-3-4-11-8-12(13)6-5-10(11)7-9/h9-11H,2-8H2,1H3/t9-,10+,11+/m1/s1. The van der Waals surface area contributed by atoms with E-state index in [1.54, 1.807) is 0 Å². The number of carbonyl (C=O) groups is 1. The monoisotopic (exact) mass is 180 g/mol. The maximum atomic E-state index is 11.3. The van der Waals surface area contributed by atoms with Gasteiger partial charge in [-0.1, -0.05) is 19.8 Å². The van der Waals surface area contributed by atoms with Gasteiger partial charge >= 0.3 is 0 Å². The number of ketones is 1. The maximum Gasteiger partial charge on any atom is 0.133 e. The SMILES string of the molecule is CC[C@@H]1CC[C@H]2CC(=O)CC[C@H]2C1. The van der Waals surface area contributed by atoms with Gasteiger partial charge in [-0.3, -0.25) is 4.79 Å². The summed E-state index contributed by atoms with van der Waals surface area (Å²) in [6, 6.07) is 0. The highest BCUT2D eigenvalue weighted by molar-refractivity contribution is 5.79. The van der Waals surface area contributed by atoms with E-state index in [0.29, 0.717) is 5.78 Å². The highest BCUT2D eigenvalue weighted by Crippen LogP contribution is 2.42. The van der Waals surface area contributed by atoms with E-state index in [4.69, 9.17) is 0 Å². The van der Waals surface area contributed by atoms with E-state index in [-0.39, 0.29) is 0 Å². The summed E-state index contributed by atoms with van der Waals surface area (Å²) in [6.07, 6.45) is 8.43. The summed E-state index contributed by atoms with van der Waals surface area (Å²) in [5.41, 5.74) is 0. The third-order valence-electron chi connectivity index (χ3n) is 4.11. The molecule has 13 heavy (non-hydrogen) atoms. The van der Waals surface area contributed by atoms with Crippen LogP contribution in [-0.4, -0.2) is 5.78 Å². The van der Waals surface area contributed by atoms with Crippen LogP contribution in [0.5, 0.6) is 0 Å². The molecule has 0 aromatic heterocycles. The molecular weight excluding hydrogens is 160 g/mol. The molecule has 0 heterocycles. The summed E-state index contributed by atoms with van der Waals surface area (Å²) >= 11 is 0. The minimum atomic E-state index is 0.524. The van der Waals surface area contributed by atoms with Crippen LogP contribution in [-0.2, 0) is 4.79 Å². The third-order valence-corrected chi connectivity index (χ3v) is 4.11. The molecule has 0 radical (unpaired) electrons. The highest BCUT2D eigenvalue weighted by atomic mass is 16.1. The van der Waals surface area contributed by atoms with Crippen LogP contribution < -0.4 is 0 Å². The van der Waals surface area contributed by atoms with Crippen molar-refractivity contribution in [3.63, 3.8) is 0 Å². The molecule has 0 amide bonds. The summed E-state index contributed by atoms with van der Waals surface area (Å²) in [7, 11) is 0. The van der Waals surface area contributed by atoms with E-state index in [1.165, 1.54) is 32.1 Å². The fourth-order valence-electron chi connectivity index (χ4n) is 3.16. The van der Waals surface area contributed by atoms with Gasteiger partial charge in [-0.05, 0) is 37.0 Å².